The van der Waals surface area contributed by atoms with E-state index in [1.54, 1.807) is 30.6 Å². The number of pyridine rings is 1. The van der Waals surface area contributed by atoms with E-state index in [1.807, 2.05) is 6.07 Å². The standard InChI is InChI=1S/C23H26N4O6S2/c1-33-6-7-35(31,32)21(22(30)25-12-20(29)26-17-3-4-17)23-27-18-9-15(2-5-19(18)34-23)16-8-14(13-28)10-24-11-16/h2,5,8-11,17,21,28H,3-4,6-7,12-13H2,1H3,(H,25,30)(H,26,29). The van der Waals surface area contributed by atoms with Crippen LogP contribution in [0.3, 0.4) is 0 Å². The number of nitrogens with one attached hydrogen (secondary N) is 2. The Kier molecular flexibility index (Phi) is 7.75. The molecule has 12 heteroatoms. The average molecular weight is 519 g/mol. The highest BCUT2D eigenvalue weighted by Gasteiger charge is 2.37. The molecule has 10 nitrogen and oxygen atoms in total. The van der Waals surface area contributed by atoms with Gasteiger partial charge in [0.05, 0.1) is 35.7 Å². The minimum atomic E-state index is -3.97. The van der Waals surface area contributed by atoms with Crippen LogP contribution < -0.4 is 10.6 Å². The van der Waals surface area contributed by atoms with Gasteiger partial charge < -0.3 is 20.5 Å². The van der Waals surface area contributed by atoms with Crippen molar-refractivity contribution < 1.29 is 27.9 Å². The number of methoxy groups -OCH3 is 1. The molecule has 1 aliphatic carbocycles. The summed E-state index contributed by atoms with van der Waals surface area (Å²) in [4.78, 5) is 33.6. The Hall–Kier alpha value is -2.93. The molecule has 0 spiro atoms. The lowest BCUT2D eigenvalue weighted by atomic mass is 10.1. The van der Waals surface area contributed by atoms with Crippen LogP contribution in [0.1, 0.15) is 28.7 Å². The number of benzene rings is 1. The van der Waals surface area contributed by atoms with Crippen molar-refractivity contribution in [2.45, 2.75) is 30.7 Å². The second-order valence-corrected chi connectivity index (χ2v) is 11.5. The normalized spacial score (nSPS) is 14.6. The topological polar surface area (TPSA) is 148 Å². The Morgan fingerprint density at radius 1 is 1.23 bits per heavy atom. The monoisotopic (exact) mass is 518 g/mol. The number of aliphatic hydroxyl groups is 1. The average Bonchev–Trinajstić information content (AvgIpc) is 3.56. The maximum absolute atomic E-state index is 13.1. The number of ether oxygens (including phenoxy) is 1. The molecule has 1 atom stereocenters. The van der Waals surface area contributed by atoms with Crippen molar-refractivity contribution in [2.24, 2.45) is 0 Å². The van der Waals surface area contributed by atoms with E-state index in [2.05, 4.69) is 20.6 Å². The summed E-state index contributed by atoms with van der Waals surface area (Å²) in [5.41, 5.74) is 2.75. The van der Waals surface area contributed by atoms with Gasteiger partial charge in [0.15, 0.2) is 15.1 Å². The molecular weight excluding hydrogens is 492 g/mol. The second kappa shape index (κ2) is 10.8. The van der Waals surface area contributed by atoms with Crippen LogP contribution in [0.5, 0.6) is 0 Å². The zero-order valence-corrected chi connectivity index (χ0v) is 20.7. The lowest BCUT2D eigenvalue weighted by Crippen LogP contribution is -2.41. The van der Waals surface area contributed by atoms with Crippen molar-refractivity contribution in [3.05, 3.63) is 47.2 Å². The fourth-order valence-electron chi connectivity index (χ4n) is 3.48. The van der Waals surface area contributed by atoms with Crippen molar-refractivity contribution in [1.82, 2.24) is 20.6 Å². The first-order valence-electron chi connectivity index (χ1n) is 11.0. The highest BCUT2D eigenvalue weighted by Crippen LogP contribution is 2.34. The lowest BCUT2D eigenvalue weighted by Gasteiger charge is -2.15. The molecule has 1 unspecified atom stereocenters. The van der Waals surface area contributed by atoms with E-state index in [0.29, 0.717) is 15.8 Å². The molecule has 0 aliphatic heterocycles. The number of amides is 2. The van der Waals surface area contributed by atoms with Crippen molar-refractivity contribution in [2.75, 3.05) is 26.0 Å². The Morgan fingerprint density at radius 2 is 2.03 bits per heavy atom. The highest BCUT2D eigenvalue weighted by atomic mass is 32.2. The number of nitrogens with zero attached hydrogens (tertiary/aromatic N) is 2. The van der Waals surface area contributed by atoms with Gasteiger partial charge in [0.2, 0.25) is 11.8 Å². The number of rotatable bonds is 11. The molecule has 2 amide bonds. The molecular formula is C23H26N4O6S2. The van der Waals surface area contributed by atoms with E-state index in [1.165, 1.54) is 7.11 Å². The summed E-state index contributed by atoms with van der Waals surface area (Å²) in [6.45, 7) is -0.523. The van der Waals surface area contributed by atoms with Crippen molar-refractivity contribution >= 4 is 43.2 Å². The molecule has 3 aromatic rings. The predicted octanol–water partition coefficient (Wildman–Crippen LogP) is 1.35. The van der Waals surface area contributed by atoms with Crippen molar-refractivity contribution in [3.63, 3.8) is 0 Å². The van der Waals surface area contributed by atoms with E-state index in [9.17, 15) is 23.1 Å². The van der Waals surface area contributed by atoms with Gasteiger partial charge in [-0.25, -0.2) is 13.4 Å². The van der Waals surface area contributed by atoms with Gasteiger partial charge in [-0.05, 0) is 42.2 Å². The smallest absolute Gasteiger partial charge is 0.245 e. The van der Waals surface area contributed by atoms with Gasteiger partial charge >= 0.3 is 0 Å². The zero-order chi connectivity index (χ0) is 25.0. The van der Waals surface area contributed by atoms with Crippen molar-refractivity contribution in [1.29, 1.82) is 0 Å². The van der Waals surface area contributed by atoms with Crippen LogP contribution in [0.25, 0.3) is 21.3 Å². The van der Waals surface area contributed by atoms with Gasteiger partial charge in [0.25, 0.3) is 0 Å². The molecule has 0 saturated heterocycles. The molecule has 0 bridgehead atoms. The Labute approximate surface area is 206 Å². The van der Waals surface area contributed by atoms with Crippen LogP contribution in [0.4, 0.5) is 0 Å². The van der Waals surface area contributed by atoms with Crippen LogP contribution in [-0.4, -0.2) is 67.4 Å². The van der Waals surface area contributed by atoms with Gasteiger partial charge in [-0.2, -0.15) is 0 Å². The SMILES string of the molecule is COCCS(=O)(=O)C(C(=O)NCC(=O)NC1CC1)c1nc2cc(-c3cncc(CO)c3)ccc2s1. The molecule has 1 saturated carbocycles. The van der Waals surface area contributed by atoms with Crippen LogP contribution in [0, 0.1) is 0 Å². The number of fused-ring (bicyclic) bond motifs is 1. The molecule has 186 valence electrons. The van der Waals surface area contributed by atoms with E-state index < -0.39 is 21.0 Å². The molecule has 0 radical (unpaired) electrons. The minimum Gasteiger partial charge on any atom is -0.392 e. The molecule has 3 N–H and O–H groups in total. The first-order chi connectivity index (χ1) is 16.8. The number of carbonyl (C=O) groups excluding carboxylic acids is 2. The maximum atomic E-state index is 13.1. The highest BCUT2D eigenvalue weighted by molar-refractivity contribution is 7.92. The summed E-state index contributed by atoms with van der Waals surface area (Å²) >= 11 is 1.11. The minimum absolute atomic E-state index is 0.0719. The summed E-state index contributed by atoms with van der Waals surface area (Å²) in [7, 11) is -2.59. The summed E-state index contributed by atoms with van der Waals surface area (Å²) in [5.74, 6) is -1.52. The van der Waals surface area contributed by atoms with Gasteiger partial charge in [-0.3, -0.25) is 14.6 Å². The molecule has 2 heterocycles. The molecule has 1 aromatic carbocycles. The predicted molar refractivity (Wildman–Crippen MR) is 131 cm³/mol. The molecule has 35 heavy (non-hydrogen) atoms. The number of hydrogen-bond acceptors (Lipinski definition) is 9. The van der Waals surface area contributed by atoms with Gasteiger partial charge in [-0.15, -0.1) is 11.3 Å². The molecule has 4 rings (SSSR count). The third kappa shape index (κ3) is 6.20. The number of hydrogen-bond donors (Lipinski definition) is 3. The first kappa shape index (κ1) is 25.2. The molecule has 1 aliphatic rings. The van der Waals surface area contributed by atoms with E-state index >= 15 is 0 Å². The van der Waals surface area contributed by atoms with Crippen LogP contribution in [-0.2, 0) is 30.8 Å². The second-order valence-electron chi connectivity index (χ2n) is 8.27. The Balaban J connectivity index is 1.63. The maximum Gasteiger partial charge on any atom is 0.245 e. The molecule has 1 fully saturated rings. The summed E-state index contributed by atoms with van der Waals surface area (Å²) in [6.07, 6.45) is 5.04. The van der Waals surface area contributed by atoms with E-state index in [4.69, 9.17) is 4.74 Å². The lowest BCUT2D eigenvalue weighted by molar-refractivity contribution is -0.126. The summed E-state index contributed by atoms with van der Waals surface area (Å²) in [6, 6.07) is 7.37. The van der Waals surface area contributed by atoms with Crippen LogP contribution in [0.2, 0.25) is 0 Å². The number of carbonyl (C=O) groups is 2. The number of aromatic nitrogens is 2. The van der Waals surface area contributed by atoms with Crippen LogP contribution in [0.15, 0.2) is 36.7 Å². The zero-order valence-electron chi connectivity index (χ0n) is 19.1. The fraction of sp³-hybridized carbons (Fsp3) is 0.391. The summed E-state index contributed by atoms with van der Waals surface area (Å²) < 4.78 is 31.8. The largest absolute Gasteiger partial charge is 0.392 e. The van der Waals surface area contributed by atoms with Crippen LogP contribution >= 0.6 is 11.3 Å². The Morgan fingerprint density at radius 3 is 2.74 bits per heavy atom. The van der Waals surface area contributed by atoms with E-state index in [0.717, 1.165) is 35.3 Å². The fourth-order valence-corrected chi connectivity index (χ4v) is 6.40. The van der Waals surface area contributed by atoms with Gasteiger partial charge in [0, 0.05) is 31.1 Å². The number of thiazole rings is 1. The van der Waals surface area contributed by atoms with Gasteiger partial charge in [0.1, 0.15) is 5.01 Å². The molecule has 2 aromatic heterocycles. The summed E-state index contributed by atoms with van der Waals surface area (Å²) in [5, 5.41) is 13.1. The van der Waals surface area contributed by atoms with E-state index in [-0.39, 0.29) is 42.5 Å². The first-order valence-corrected chi connectivity index (χ1v) is 13.6. The van der Waals surface area contributed by atoms with Gasteiger partial charge in [-0.1, -0.05) is 6.07 Å². The number of aliphatic hydroxyl groups excluding tert-OH is 1. The quantitative estimate of drug-likeness (QED) is 0.345. The number of sulfone groups is 1. The third-order valence-corrected chi connectivity index (χ3v) is 8.62. The third-order valence-electron chi connectivity index (χ3n) is 5.47. The van der Waals surface area contributed by atoms with Crippen molar-refractivity contribution in [3.8, 4) is 11.1 Å². The Bertz CT molecular complexity index is 1340.